The molecule has 0 atom stereocenters. The Bertz CT molecular complexity index is 853. The summed E-state index contributed by atoms with van der Waals surface area (Å²) in [5, 5.41) is 14.7. The number of nitrogens with one attached hydrogen (secondary N) is 2. The van der Waals surface area contributed by atoms with E-state index < -0.39 is 5.97 Å². The molecule has 8 nitrogen and oxygen atoms in total. The number of pyridine rings is 1. The highest BCUT2D eigenvalue weighted by molar-refractivity contribution is 5.89. The lowest BCUT2D eigenvalue weighted by atomic mass is 9.85. The van der Waals surface area contributed by atoms with E-state index in [2.05, 4.69) is 15.6 Å². The molecule has 0 unspecified atom stereocenters. The molecule has 154 valence electrons. The smallest absolute Gasteiger partial charge is 0.319 e. The van der Waals surface area contributed by atoms with Crippen LogP contribution in [0.5, 0.6) is 11.5 Å². The lowest BCUT2D eigenvalue weighted by Gasteiger charge is -2.42. The highest BCUT2D eigenvalue weighted by Gasteiger charge is 2.34. The minimum Gasteiger partial charge on any atom is -0.480 e. The molecule has 1 aliphatic carbocycles. The van der Waals surface area contributed by atoms with Gasteiger partial charge in [-0.2, -0.15) is 0 Å². The number of carbonyl (C=O) groups is 2. The van der Waals surface area contributed by atoms with Crippen LogP contribution < -0.4 is 15.4 Å². The van der Waals surface area contributed by atoms with Crippen LogP contribution in [0, 0.1) is 6.92 Å². The molecule has 0 saturated heterocycles. The van der Waals surface area contributed by atoms with Gasteiger partial charge in [-0.05, 0) is 62.2 Å². The van der Waals surface area contributed by atoms with E-state index in [9.17, 15) is 9.59 Å². The highest BCUT2D eigenvalue weighted by Crippen LogP contribution is 2.28. The summed E-state index contributed by atoms with van der Waals surface area (Å²) in [6.45, 7) is 4.57. The summed E-state index contributed by atoms with van der Waals surface area (Å²) in [4.78, 5) is 29.1. The van der Waals surface area contributed by atoms with Gasteiger partial charge in [-0.1, -0.05) is 6.92 Å². The minimum absolute atomic E-state index is 0.0345. The van der Waals surface area contributed by atoms with Crippen LogP contribution in [-0.4, -0.2) is 52.2 Å². The van der Waals surface area contributed by atoms with Crippen molar-refractivity contribution in [1.29, 1.82) is 0 Å². The Labute approximate surface area is 169 Å². The molecule has 1 saturated carbocycles. The molecule has 0 aliphatic heterocycles. The molecule has 8 heteroatoms. The Hall–Kier alpha value is -3.13. The summed E-state index contributed by atoms with van der Waals surface area (Å²) in [6.07, 6.45) is 4.83. The van der Waals surface area contributed by atoms with Gasteiger partial charge in [0.1, 0.15) is 11.5 Å². The Morgan fingerprint density at radius 1 is 1.31 bits per heavy atom. The van der Waals surface area contributed by atoms with E-state index in [4.69, 9.17) is 9.84 Å². The number of carbonyl (C=O) groups excluding carboxylic acids is 1. The number of ether oxygens (including phenoxy) is 1. The molecule has 1 fully saturated rings. The van der Waals surface area contributed by atoms with Crippen LogP contribution in [0.25, 0.3) is 0 Å². The number of carboxylic acid groups (broad SMARTS) is 1. The van der Waals surface area contributed by atoms with Gasteiger partial charge in [-0.25, -0.2) is 4.79 Å². The SMILES string of the molecule is CCN(CC(=O)O)C1CC(NC(=O)Nc2ccc(Oc3cccnc3)c(C)c2)C1. The fourth-order valence-corrected chi connectivity index (χ4v) is 3.41. The van der Waals surface area contributed by atoms with Crippen LogP contribution in [0.2, 0.25) is 0 Å². The first-order valence-electron chi connectivity index (χ1n) is 9.66. The zero-order valence-corrected chi connectivity index (χ0v) is 16.6. The van der Waals surface area contributed by atoms with E-state index in [1.54, 1.807) is 24.5 Å². The van der Waals surface area contributed by atoms with Gasteiger partial charge < -0.3 is 20.5 Å². The van der Waals surface area contributed by atoms with Crippen molar-refractivity contribution in [3.05, 3.63) is 48.3 Å². The molecule has 1 heterocycles. The summed E-state index contributed by atoms with van der Waals surface area (Å²) in [5.41, 5.74) is 1.57. The number of aliphatic carboxylic acids is 1. The second-order valence-corrected chi connectivity index (χ2v) is 7.15. The van der Waals surface area contributed by atoms with Crippen molar-refractivity contribution in [2.24, 2.45) is 0 Å². The number of amides is 2. The zero-order chi connectivity index (χ0) is 20.8. The Balaban J connectivity index is 1.48. The predicted molar refractivity (Wildman–Crippen MR) is 109 cm³/mol. The highest BCUT2D eigenvalue weighted by atomic mass is 16.5. The number of benzene rings is 1. The maximum Gasteiger partial charge on any atom is 0.319 e. The first kappa shape index (κ1) is 20.6. The number of carboxylic acids is 1. The molecule has 1 aromatic carbocycles. The predicted octanol–water partition coefficient (Wildman–Crippen LogP) is 3.24. The molecule has 3 rings (SSSR count). The third kappa shape index (κ3) is 5.68. The Morgan fingerprint density at radius 2 is 2.10 bits per heavy atom. The van der Waals surface area contributed by atoms with Crippen LogP contribution >= 0.6 is 0 Å². The largest absolute Gasteiger partial charge is 0.480 e. The standard InChI is InChI=1S/C21H26N4O4/c1-3-25(13-20(26)27)17-10-16(11-17)24-21(28)23-15-6-7-19(14(2)9-15)29-18-5-4-8-22-12-18/h4-9,12,16-17H,3,10-11,13H2,1-2H3,(H,26,27)(H2,23,24,28). The van der Waals surface area contributed by atoms with Crippen LogP contribution in [0.3, 0.4) is 0 Å². The molecule has 2 amide bonds. The van der Waals surface area contributed by atoms with Crippen molar-refractivity contribution >= 4 is 17.7 Å². The first-order valence-corrected chi connectivity index (χ1v) is 9.66. The quantitative estimate of drug-likeness (QED) is 0.631. The molecule has 1 aliphatic rings. The van der Waals surface area contributed by atoms with Crippen LogP contribution in [0.15, 0.2) is 42.7 Å². The average molecular weight is 398 g/mol. The van der Waals surface area contributed by atoms with E-state index in [0.717, 1.165) is 18.4 Å². The molecule has 3 N–H and O–H groups in total. The maximum atomic E-state index is 12.3. The van der Waals surface area contributed by atoms with Crippen molar-refractivity contribution in [3.8, 4) is 11.5 Å². The lowest BCUT2D eigenvalue weighted by Crippen LogP contribution is -2.55. The molecule has 0 bridgehead atoms. The molecule has 0 spiro atoms. The number of nitrogens with zero attached hydrogens (tertiary/aromatic N) is 2. The van der Waals surface area contributed by atoms with Crippen LogP contribution in [0.1, 0.15) is 25.3 Å². The van der Waals surface area contributed by atoms with E-state index >= 15 is 0 Å². The van der Waals surface area contributed by atoms with Gasteiger partial charge in [-0.3, -0.25) is 14.7 Å². The number of likely N-dealkylation sites (N-methyl/N-ethyl adjacent to an activating group) is 1. The number of anilines is 1. The third-order valence-electron chi connectivity index (χ3n) is 5.00. The number of rotatable bonds is 8. The number of aryl methyl sites for hydroxylation is 1. The molecule has 1 aromatic heterocycles. The monoisotopic (exact) mass is 398 g/mol. The van der Waals surface area contributed by atoms with Crippen molar-refractivity contribution in [3.63, 3.8) is 0 Å². The van der Waals surface area contributed by atoms with Gasteiger partial charge in [0.05, 0.1) is 12.7 Å². The molecular formula is C21H26N4O4. The summed E-state index contributed by atoms with van der Waals surface area (Å²) in [7, 11) is 0. The summed E-state index contributed by atoms with van der Waals surface area (Å²) in [5.74, 6) is 0.522. The average Bonchev–Trinajstić information content (AvgIpc) is 2.65. The normalized spacial score (nSPS) is 18.0. The fraction of sp³-hybridized carbons (Fsp3) is 0.381. The van der Waals surface area contributed by atoms with Crippen molar-refractivity contribution in [1.82, 2.24) is 15.2 Å². The Morgan fingerprint density at radius 3 is 2.72 bits per heavy atom. The number of urea groups is 1. The first-order chi connectivity index (χ1) is 13.9. The van der Waals surface area contributed by atoms with E-state index in [0.29, 0.717) is 23.7 Å². The molecular weight excluding hydrogens is 372 g/mol. The number of aromatic nitrogens is 1. The number of hydrogen-bond donors (Lipinski definition) is 3. The van der Waals surface area contributed by atoms with Gasteiger partial charge in [-0.15, -0.1) is 0 Å². The van der Waals surface area contributed by atoms with Crippen molar-refractivity contribution in [2.75, 3.05) is 18.4 Å². The minimum atomic E-state index is -0.827. The van der Waals surface area contributed by atoms with Gasteiger partial charge in [0.25, 0.3) is 0 Å². The molecule has 2 aromatic rings. The fourth-order valence-electron chi connectivity index (χ4n) is 3.41. The van der Waals surface area contributed by atoms with Crippen molar-refractivity contribution in [2.45, 2.75) is 38.8 Å². The molecule has 0 radical (unpaired) electrons. The second-order valence-electron chi connectivity index (χ2n) is 7.15. The van der Waals surface area contributed by atoms with E-state index in [-0.39, 0.29) is 24.7 Å². The van der Waals surface area contributed by atoms with Crippen molar-refractivity contribution < 1.29 is 19.4 Å². The van der Waals surface area contributed by atoms with Crippen LogP contribution in [-0.2, 0) is 4.79 Å². The zero-order valence-electron chi connectivity index (χ0n) is 16.6. The second kappa shape index (κ2) is 9.38. The van der Waals surface area contributed by atoms with Gasteiger partial charge in [0.2, 0.25) is 0 Å². The third-order valence-corrected chi connectivity index (χ3v) is 5.00. The van der Waals surface area contributed by atoms with Gasteiger partial charge in [0, 0.05) is 24.0 Å². The topological polar surface area (TPSA) is 104 Å². The van der Waals surface area contributed by atoms with Crippen LogP contribution in [0.4, 0.5) is 10.5 Å². The van der Waals surface area contributed by atoms with E-state index in [1.807, 2.05) is 36.9 Å². The van der Waals surface area contributed by atoms with Gasteiger partial charge >= 0.3 is 12.0 Å². The lowest BCUT2D eigenvalue weighted by molar-refractivity contribution is -0.139. The Kier molecular flexibility index (Phi) is 6.66. The maximum absolute atomic E-state index is 12.3. The van der Waals surface area contributed by atoms with Gasteiger partial charge in [0.15, 0.2) is 0 Å². The molecule has 29 heavy (non-hydrogen) atoms. The summed E-state index contributed by atoms with van der Waals surface area (Å²) < 4.78 is 5.80. The van der Waals surface area contributed by atoms with E-state index in [1.165, 1.54) is 0 Å². The summed E-state index contributed by atoms with van der Waals surface area (Å²) >= 11 is 0. The number of hydrogen-bond acceptors (Lipinski definition) is 5. The summed E-state index contributed by atoms with van der Waals surface area (Å²) in [6, 6.07) is 9.06.